The Bertz CT molecular complexity index is 325. The topological polar surface area (TPSA) is 20.3 Å². The summed E-state index contributed by atoms with van der Waals surface area (Å²) in [5.74, 6) is 0.108. The summed E-state index contributed by atoms with van der Waals surface area (Å²) in [6.45, 7) is 2.35. The van der Waals surface area contributed by atoms with E-state index in [0.717, 1.165) is 17.4 Å². The zero-order chi connectivity index (χ0) is 10.6. The molecule has 1 amide bonds. The molecular weight excluding hydrogens is 242 g/mol. The van der Waals surface area contributed by atoms with E-state index in [1.807, 2.05) is 25.2 Å². The second-order valence-corrected chi connectivity index (χ2v) is 4.14. The summed E-state index contributed by atoms with van der Waals surface area (Å²) in [5.41, 5.74) is 1.24. The molecule has 0 aliphatic heterocycles. The van der Waals surface area contributed by atoms with Crippen LogP contribution in [-0.4, -0.2) is 24.4 Å². The van der Waals surface area contributed by atoms with Gasteiger partial charge in [-0.1, -0.05) is 34.1 Å². The average molecular weight is 256 g/mol. The highest BCUT2D eigenvalue weighted by molar-refractivity contribution is 9.10. The van der Waals surface area contributed by atoms with E-state index < -0.39 is 0 Å². The van der Waals surface area contributed by atoms with Crippen molar-refractivity contribution in [3.63, 3.8) is 0 Å². The first-order chi connectivity index (χ1) is 6.61. The zero-order valence-corrected chi connectivity index (χ0v) is 10.0. The van der Waals surface area contributed by atoms with E-state index in [2.05, 4.69) is 22.0 Å². The van der Waals surface area contributed by atoms with Crippen LogP contribution < -0.4 is 0 Å². The number of benzene rings is 1. The minimum Gasteiger partial charge on any atom is -0.346 e. The van der Waals surface area contributed by atoms with E-state index in [1.165, 1.54) is 5.56 Å². The molecular formula is C11H14BrNO. The Morgan fingerprint density at radius 1 is 1.43 bits per heavy atom. The van der Waals surface area contributed by atoms with Gasteiger partial charge in [-0.05, 0) is 18.1 Å². The number of amides is 1. The fourth-order valence-electron chi connectivity index (χ4n) is 1.15. The van der Waals surface area contributed by atoms with Crippen LogP contribution in [-0.2, 0) is 11.2 Å². The summed E-state index contributed by atoms with van der Waals surface area (Å²) in [5, 5.41) is 0. The summed E-state index contributed by atoms with van der Waals surface area (Å²) in [6, 6.07) is 8.08. The van der Waals surface area contributed by atoms with Crippen LogP contribution in [0.25, 0.3) is 0 Å². The SMILES string of the molecule is CC(=O)N(C)CCc1ccccc1Br. The number of hydrogen-bond acceptors (Lipinski definition) is 1. The molecule has 0 atom stereocenters. The van der Waals surface area contributed by atoms with Crippen molar-refractivity contribution in [2.45, 2.75) is 13.3 Å². The van der Waals surface area contributed by atoms with Gasteiger partial charge in [-0.3, -0.25) is 4.79 Å². The molecule has 0 fully saturated rings. The second kappa shape index (κ2) is 5.15. The molecule has 0 radical (unpaired) electrons. The fourth-order valence-corrected chi connectivity index (χ4v) is 1.63. The summed E-state index contributed by atoms with van der Waals surface area (Å²) < 4.78 is 1.11. The molecule has 1 rings (SSSR count). The number of likely N-dealkylation sites (N-methyl/N-ethyl adjacent to an activating group) is 1. The lowest BCUT2D eigenvalue weighted by Crippen LogP contribution is -2.26. The van der Waals surface area contributed by atoms with Crippen molar-refractivity contribution in [3.8, 4) is 0 Å². The Balaban J connectivity index is 2.54. The third-order valence-electron chi connectivity index (χ3n) is 2.21. The molecule has 0 aliphatic rings. The molecule has 0 aromatic heterocycles. The number of hydrogen-bond donors (Lipinski definition) is 0. The Labute approximate surface area is 93.0 Å². The number of rotatable bonds is 3. The lowest BCUT2D eigenvalue weighted by molar-refractivity contribution is -0.127. The second-order valence-electron chi connectivity index (χ2n) is 3.28. The van der Waals surface area contributed by atoms with Gasteiger partial charge in [-0.25, -0.2) is 0 Å². The first kappa shape index (κ1) is 11.2. The summed E-state index contributed by atoms with van der Waals surface area (Å²) in [6.07, 6.45) is 0.886. The van der Waals surface area contributed by atoms with Crippen LogP contribution in [0.15, 0.2) is 28.7 Å². The van der Waals surface area contributed by atoms with Gasteiger partial charge in [0.15, 0.2) is 0 Å². The maximum Gasteiger partial charge on any atom is 0.219 e. The van der Waals surface area contributed by atoms with Gasteiger partial charge < -0.3 is 4.90 Å². The molecule has 76 valence electrons. The first-order valence-corrected chi connectivity index (χ1v) is 5.35. The number of halogens is 1. The monoisotopic (exact) mass is 255 g/mol. The predicted octanol–water partition coefficient (Wildman–Crippen LogP) is 2.47. The van der Waals surface area contributed by atoms with E-state index in [9.17, 15) is 4.79 Å². The van der Waals surface area contributed by atoms with Gasteiger partial charge in [0, 0.05) is 25.0 Å². The summed E-state index contributed by atoms with van der Waals surface area (Å²) in [7, 11) is 1.82. The summed E-state index contributed by atoms with van der Waals surface area (Å²) in [4.78, 5) is 12.7. The van der Waals surface area contributed by atoms with E-state index in [0.29, 0.717) is 0 Å². The molecule has 0 bridgehead atoms. The van der Waals surface area contributed by atoms with Gasteiger partial charge in [-0.15, -0.1) is 0 Å². The van der Waals surface area contributed by atoms with Crippen molar-refractivity contribution >= 4 is 21.8 Å². The zero-order valence-electron chi connectivity index (χ0n) is 8.46. The van der Waals surface area contributed by atoms with Crippen LogP contribution in [0.2, 0.25) is 0 Å². The van der Waals surface area contributed by atoms with Gasteiger partial charge in [0.05, 0.1) is 0 Å². The lowest BCUT2D eigenvalue weighted by atomic mass is 10.1. The smallest absolute Gasteiger partial charge is 0.219 e. The highest BCUT2D eigenvalue weighted by Gasteiger charge is 2.03. The van der Waals surface area contributed by atoms with Gasteiger partial charge >= 0.3 is 0 Å². The van der Waals surface area contributed by atoms with Crippen molar-refractivity contribution < 1.29 is 4.79 Å². The quantitative estimate of drug-likeness (QED) is 0.813. The normalized spacial score (nSPS) is 9.93. The van der Waals surface area contributed by atoms with Crippen molar-refractivity contribution in [2.24, 2.45) is 0 Å². The van der Waals surface area contributed by atoms with Crippen LogP contribution >= 0.6 is 15.9 Å². The molecule has 0 unspecified atom stereocenters. The van der Waals surface area contributed by atoms with Crippen LogP contribution in [0.4, 0.5) is 0 Å². The summed E-state index contributed by atoms with van der Waals surface area (Å²) >= 11 is 3.48. The van der Waals surface area contributed by atoms with Crippen LogP contribution in [0.1, 0.15) is 12.5 Å². The van der Waals surface area contributed by atoms with E-state index >= 15 is 0 Å². The molecule has 1 aromatic rings. The highest BCUT2D eigenvalue weighted by Crippen LogP contribution is 2.16. The molecule has 0 N–H and O–H groups in total. The predicted molar refractivity (Wildman–Crippen MR) is 61.2 cm³/mol. The van der Waals surface area contributed by atoms with E-state index in [4.69, 9.17) is 0 Å². The maximum atomic E-state index is 11.0. The largest absolute Gasteiger partial charge is 0.346 e. The molecule has 0 aliphatic carbocycles. The third kappa shape index (κ3) is 3.14. The van der Waals surface area contributed by atoms with Crippen LogP contribution in [0, 0.1) is 0 Å². The number of carbonyl (C=O) groups excluding carboxylic acids is 1. The first-order valence-electron chi connectivity index (χ1n) is 4.56. The molecule has 1 aromatic carbocycles. The van der Waals surface area contributed by atoms with Crippen molar-refractivity contribution in [2.75, 3.05) is 13.6 Å². The minimum atomic E-state index is 0.108. The van der Waals surface area contributed by atoms with Gasteiger partial charge in [0.1, 0.15) is 0 Å². The average Bonchev–Trinajstić information content (AvgIpc) is 2.16. The van der Waals surface area contributed by atoms with E-state index in [-0.39, 0.29) is 5.91 Å². The molecule has 0 saturated carbocycles. The molecule has 0 heterocycles. The van der Waals surface area contributed by atoms with Crippen molar-refractivity contribution in [3.05, 3.63) is 34.3 Å². The van der Waals surface area contributed by atoms with Crippen molar-refractivity contribution in [1.82, 2.24) is 4.90 Å². The Kier molecular flexibility index (Phi) is 4.14. The standard InChI is InChI=1S/C11H14BrNO/c1-9(14)13(2)8-7-10-5-3-4-6-11(10)12/h3-6H,7-8H2,1-2H3. The molecule has 0 spiro atoms. The lowest BCUT2D eigenvalue weighted by Gasteiger charge is -2.14. The Morgan fingerprint density at radius 2 is 2.07 bits per heavy atom. The molecule has 14 heavy (non-hydrogen) atoms. The fraction of sp³-hybridized carbons (Fsp3) is 0.364. The maximum absolute atomic E-state index is 11.0. The van der Waals surface area contributed by atoms with Crippen LogP contribution in [0.5, 0.6) is 0 Å². The number of carbonyl (C=O) groups is 1. The number of nitrogens with zero attached hydrogens (tertiary/aromatic N) is 1. The Morgan fingerprint density at radius 3 is 2.64 bits per heavy atom. The van der Waals surface area contributed by atoms with Crippen molar-refractivity contribution in [1.29, 1.82) is 0 Å². The third-order valence-corrected chi connectivity index (χ3v) is 2.99. The highest BCUT2D eigenvalue weighted by atomic mass is 79.9. The molecule has 0 saturated heterocycles. The van der Waals surface area contributed by atoms with E-state index in [1.54, 1.807) is 11.8 Å². The molecule has 2 nitrogen and oxygen atoms in total. The molecule has 3 heteroatoms. The van der Waals surface area contributed by atoms with Gasteiger partial charge in [-0.2, -0.15) is 0 Å². The minimum absolute atomic E-state index is 0.108. The van der Waals surface area contributed by atoms with Crippen LogP contribution in [0.3, 0.4) is 0 Å². The van der Waals surface area contributed by atoms with Gasteiger partial charge in [0.25, 0.3) is 0 Å². The Hall–Kier alpha value is -0.830. The van der Waals surface area contributed by atoms with Gasteiger partial charge in [0.2, 0.25) is 5.91 Å².